The van der Waals surface area contributed by atoms with Gasteiger partial charge < -0.3 is 19.9 Å². The number of nitrogens with zero attached hydrogens (tertiary/aromatic N) is 4. The smallest absolute Gasteiger partial charge is 0.381 e. The van der Waals surface area contributed by atoms with Gasteiger partial charge in [0.1, 0.15) is 5.56 Å². The minimum Gasteiger partial charge on any atom is -0.381 e. The molecule has 4 aliphatic rings. The maximum Gasteiger partial charge on any atom is 0.420 e. The summed E-state index contributed by atoms with van der Waals surface area (Å²) in [6.07, 6.45) is 1.71. The second-order valence-electron chi connectivity index (χ2n) is 10.8. The Labute approximate surface area is 194 Å². The topological polar surface area (TPSA) is 53.5 Å². The predicted octanol–water partition coefficient (Wildman–Crippen LogP) is 4.28. The Morgan fingerprint density at radius 3 is 2.45 bits per heavy atom. The van der Waals surface area contributed by atoms with E-state index in [9.17, 15) is 13.2 Å². The quantitative estimate of drug-likeness (QED) is 0.698. The fourth-order valence-corrected chi connectivity index (χ4v) is 6.41. The zero-order valence-corrected chi connectivity index (χ0v) is 19.5. The normalized spacial score (nSPS) is 31.7. The summed E-state index contributed by atoms with van der Waals surface area (Å²) >= 11 is 0. The van der Waals surface area contributed by atoms with E-state index < -0.39 is 11.7 Å². The molecule has 1 saturated carbocycles. The zero-order valence-electron chi connectivity index (χ0n) is 19.5. The highest BCUT2D eigenvalue weighted by Crippen LogP contribution is 2.42. The van der Waals surface area contributed by atoms with Crippen molar-refractivity contribution in [3.05, 3.63) is 11.6 Å². The monoisotopic (exact) mass is 467 g/mol. The third kappa shape index (κ3) is 5.39. The number of hydrogen-bond acceptors (Lipinski definition) is 6. The van der Waals surface area contributed by atoms with Crippen LogP contribution in [-0.2, 0) is 10.9 Å². The van der Waals surface area contributed by atoms with Crippen molar-refractivity contribution in [2.75, 3.05) is 56.2 Å². The average Bonchev–Trinajstić information content (AvgIpc) is 3.32. The summed E-state index contributed by atoms with van der Waals surface area (Å²) in [6.45, 7) is 8.59. The Morgan fingerprint density at radius 1 is 1.06 bits per heavy atom. The first-order valence-electron chi connectivity index (χ1n) is 12.6. The van der Waals surface area contributed by atoms with Crippen molar-refractivity contribution in [3.8, 4) is 0 Å². The molecule has 0 amide bonds. The molecule has 5 rings (SSSR count). The van der Waals surface area contributed by atoms with Crippen LogP contribution in [0.25, 0.3) is 0 Å². The van der Waals surface area contributed by atoms with Gasteiger partial charge in [-0.1, -0.05) is 6.92 Å². The molecule has 3 atom stereocenters. The number of nitrogens with one attached hydrogen (secondary N) is 1. The first-order valence-corrected chi connectivity index (χ1v) is 12.6. The molecular weight excluding hydrogens is 431 g/mol. The highest BCUT2D eigenvalue weighted by Gasteiger charge is 2.43. The molecular formula is C24H36F3N5O. The Kier molecular flexibility index (Phi) is 6.71. The largest absolute Gasteiger partial charge is 0.420 e. The van der Waals surface area contributed by atoms with E-state index in [0.29, 0.717) is 23.6 Å². The van der Waals surface area contributed by atoms with Crippen LogP contribution in [-0.4, -0.2) is 67.1 Å². The summed E-state index contributed by atoms with van der Waals surface area (Å²) in [7, 11) is 0. The van der Waals surface area contributed by atoms with Crippen molar-refractivity contribution in [2.45, 2.75) is 57.7 Å². The lowest BCUT2D eigenvalue weighted by Gasteiger charge is -2.32. The second kappa shape index (κ2) is 9.56. The Balaban J connectivity index is 1.21. The predicted molar refractivity (Wildman–Crippen MR) is 121 cm³/mol. The van der Waals surface area contributed by atoms with E-state index in [1.165, 1.54) is 6.07 Å². The van der Waals surface area contributed by atoms with E-state index in [-0.39, 0.29) is 11.9 Å². The van der Waals surface area contributed by atoms with Gasteiger partial charge in [0, 0.05) is 52.0 Å². The molecule has 1 aliphatic carbocycles. The molecule has 0 aromatic carbocycles. The van der Waals surface area contributed by atoms with E-state index in [0.717, 1.165) is 90.4 Å². The molecule has 6 nitrogen and oxygen atoms in total. The van der Waals surface area contributed by atoms with Crippen LogP contribution in [0.15, 0.2) is 6.07 Å². The maximum atomic E-state index is 13.9. The molecule has 9 heteroatoms. The SMILES string of the molecule is C[C@H]1CCCN(c2cc(C(F)(F)F)c(NC3CC4CN(CC5CCOCC5)CC4C3)nn2)C1. The Morgan fingerprint density at radius 2 is 1.79 bits per heavy atom. The van der Waals surface area contributed by atoms with E-state index in [1.807, 2.05) is 4.90 Å². The number of alkyl halides is 3. The van der Waals surface area contributed by atoms with Gasteiger partial charge in [-0.2, -0.15) is 13.2 Å². The molecule has 184 valence electrons. The molecule has 33 heavy (non-hydrogen) atoms. The van der Waals surface area contributed by atoms with Gasteiger partial charge in [0.15, 0.2) is 11.6 Å². The first kappa shape index (κ1) is 23.1. The highest BCUT2D eigenvalue weighted by atomic mass is 19.4. The standard InChI is InChI=1S/C24H36F3N5O/c1-16-3-2-6-32(12-16)22-11-21(24(25,26)27)23(30-29-22)28-20-9-18-14-31(15-19(18)10-20)13-17-4-7-33-8-5-17/h11,16-20H,2-10,12-15H2,1H3,(H,28,30)/t16-,18?,19?,20?/m0/s1. The molecule has 2 unspecified atom stereocenters. The van der Waals surface area contributed by atoms with Crippen molar-refractivity contribution in [2.24, 2.45) is 23.7 Å². The summed E-state index contributed by atoms with van der Waals surface area (Å²) < 4.78 is 47.2. The second-order valence-corrected chi connectivity index (χ2v) is 10.8. The van der Waals surface area contributed by atoms with Crippen LogP contribution in [0.3, 0.4) is 0 Å². The Bertz CT molecular complexity index is 802. The summed E-state index contributed by atoms with van der Waals surface area (Å²) in [4.78, 5) is 4.50. The molecule has 0 spiro atoms. The molecule has 1 aromatic heterocycles. The third-order valence-electron chi connectivity index (χ3n) is 8.09. The van der Waals surface area contributed by atoms with E-state index >= 15 is 0 Å². The van der Waals surface area contributed by atoms with Gasteiger partial charge in [-0.15, -0.1) is 10.2 Å². The number of fused-ring (bicyclic) bond motifs is 1. The van der Waals surface area contributed by atoms with Gasteiger partial charge in [0.2, 0.25) is 0 Å². The number of anilines is 2. The van der Waals surface area contributed by atoms with Crippen LogP contribution in [0.4, 0.5) is 24.8 Å². The molecule has 3 aliphatic heterocycles. The number of rotatable bonds is 5. The Hall–Kier alpha value is -1.61. The number of piperidine rings is 1. The number of hydrogen-bond donors (Lipinski definition) is 1. The van der Waals surface area contributed by atoms with E-state index in [2.05, 4.69) is 27.3 Å². The summed E-state index contributed by atoms with van der Waals surface area (Å²) in [6, 6.07) is 1.22. The van der Waals surface area contributed by atoms with Crippen LogP contribution in [0, 0.1) is 23.7 Å². The molecule has 4 fully saturated rings. The molecule has 1 aromatic rings. The molecule has 3 saturated heterocycles. The lowest BCUT2D eigenvalue weighted by molar-refractivity contribution is -0.137. The number of halogens is 3. The van der Waals surface area contributed by atoms with Crippen molar-refractivity contribution in [1.29, 1.82) is 0 Å². The van der Waals surface area contributed by atoms with Crippen LogP contribution < -0.4 is 10.2 Å². The summed E-state index contributed by atoms with van der Waals surface area (Å²) in [5.41, 5.74) is -0.691. The summed E-state index contributed by atoms with van der Waals surface area (Å²) in [5, 5.41) is 11.4. The van der Waals surface area contributed by atoms with Crippen molar-refractivity contribution in [1.82, 2.24) is 15.1 Å². The average molecular weight is 468 g/mol. The van der Waals surface area contributed by atoms with Crippen molar-refractivity contribution >= 4 is 11.6 Å². The highest BCUT2D eigenvalue weighted by molar-refractivity contribution is 5.53. The fourth-order valence-electron chi connectivity index (χ4n) is 6.41. The first-order chi connectivity index (χ1) is 15.8. The van der Waals surface area contributed by atoms with Crippen molar-refractivity contribution < 1.29 is 17.9 Å². The van der Waals surface area contributed by atoms with Crippen molar-refractivity contribution in [3.63, 3.8) is 0 Å². The summed E-state index contributed by atoms with van der Waals surface area (Å²) in [5.74, 6) is 2.51. The molecule has 1 N–H and O–H groups in total. The van der Waals surface area contributed by atoms with Crippen LogP contribution >= 0.6 is 0 Å². The van der Waals surface area contributed by atoms with Gasteiger partial charge in [0.25, 0.3) is 0 Å². The molecule has 0 bridgehead atoms. The number of likely N-dealkylation sites (tertiary alicyclic amines) is 1. The third-order valence-corrected chi connectivity index (χ3v) is 8.09. The lowest BCUT2D eigenvalue weighted by Crippen LogP contribution is -2.35. The van der Waals surface area contributed by atoms with Crippen LogP contribution in [0.1, 0.15) is 51.0 Å². The fraction of sp³-hybridized carbons (Fsp3) is 0.833. The van der Waals surface area contributed by atoms with Crippen LogP contribution in [0.5, 0.6) is 0 Å². The van der Waals surface area contributed by atoms with Gasteiger partial charge in [-0.05, 0) is 68.3 Å². The number of ether oxygens (including phenoxy) is 1. The van der Waals surface area contributed by atoms with Gasteiger partial charge >= 0.3 is 6.18 Å². The minimum absolute atomic E-state index is 0.0292. The van der Waals surface area contributed by atoms with E-state index in [1.54, 1.807) is 0 Å². The maximum absolute atomic E-state index is 13.9. The van der Waals surface area contributed by atoms with Gasteiger partial charge in [-0.25, -0.2) is 0 Å². The minimum atomic E-state index is -4.45. The molecule has 4 heterocycles. The lowest BCUT2D eigenvalue weighted by atomic mass is 10.00. The van der Waals surface area contributed by atoms with Gasteiger partial charge in [-0.3, -0.25) is 0 Å². The zero-order chi connectivity index (χ0) is 23.0. The molecule has 0 radical (unpaired) electrons. The number of aromatic nitrogens is 2. The van der Waals surface area contributed by atoms with Crippen LogP contribution in [0.2, 0.25) is 0 Å². The van der Waals surface area contributed by atoms with Gasteiger partial charge in [0.05, 0.1) is 0 Å². The van der Waals surface area contributed by atoms with E-state index in [4.69, 9.17) is 4.74 Å².